The standard InChI is InChI=1S/C19H17ClN2O4S/c20-14-7-5-13(6-8-14)18(24)21-9-1-4-17(23)26-11-15-12-27-19(22-15)16-3-2-10-25-16/h2-3,5-8,10,12H,1,4,9,11H2,(H,21,24). The fourth-order valence-electron chi connectivity index (χ4n) is 2.25. The van der Waals surface area contributed by atoms with Gasteiger partial charge in [-0.3, -0.25) is 9.59 Å². The molecule has 0 atom stereocenters. The Hall–Kier alpha value is -2.64. The average Bonchev–Trinajstić information content (AvgIpc) is 3.35. The summed E-state index contributed by atoms with van der Waals surface area (Å²) >= 11 is 7.22. The van der Waals surface area contributed by atoms with Gasteiger partial charge in [0, 0.05) is 28.9 Å². The van der Waals surface area contributed by atoms with Crippen molar-refractivity contribution in [3.8, 4) is 10.8 Å². The van der Waals surface area contributed by atoms with Gasteiger partial charge in [-0.25, -0.2) is 4.98 Å². The van der Waals surface area contributed by atoms with Crippen LogP contribution in [0.15, 0.2) is 52.5 Å². The minimum atomic E-state index is -0.330. The highest BCUT2D eigenvalue weighted by atomic mass is 35.5. The van der Waals surface area contributed by atoms with E-state index in [1.165, 1.54) is 11.3 Å². The molecule has 1 amide bonds. The molecule has 3 aromatic rings. The summed E-state index contributed by atoms with van der Waals surface area (Å²) < 4.78 is 10.5. The van der Waals surface area contributed by atoms with Gasteiger partial charge in [-0.2, -0.15) is 0 Å². The van der Waals surface area contributed by atoms with Gasteiger partial charge >= 0.3 is 5.97 Å². The average molecular weight is 405 g/mol. The minimum absolute atomic E-state index is 0.118. The Kier molecular flexibility index (Phi) is 6.62. The zero-order valence-corrected chi connectivity index (χ0v) is 15.9. The number of halogens is 1. The minimum Gasteiger partial charge on any atom is -0.462 e. The molecule has 2 heterocycles. The zero-order valence-electron chi connectivity index (χ0n) is 14.3. The van der Waals surface area contributed by atoms with E-state index in [4.69, 9.17) is 20.8 Å². The van der Waals surface area contributed by atoms with Crippen molar-refractivity contribution in [2.24, 2.45) is 0 Å². The molecule has 0 radical (unpaired) electrons. The molecule has 0 aliphatic carbocycles. The number of esters is 1. The Labute approximate surface area is 165 Å². The van der Waals surface area contributed by atoms with E-state index >= 15 is 0 Å². The van der Waals surface area contributed by atoms with Crippen LogP contribution in [0.25, 0.3) is 10.8 Å². The van der Waals surface area contributed by atoms with E-state index in [1.807, 2.05) is 11.4 Å². The first kappa shape index (κ1) is 19.1. The van der Waals surface area contributed by atoms with Gasteiger partial charge in [-0.15, -0.1) is 11.3 Å². The molecule has 3 rings (SSSR count). The third-order valence-corrected chi connectivity index (χ3v) is 4.77. The van der Waals surface area contributed by atoms with E-state index in [2.05, 4.69) is 10.3 Å². The van der Waals surface area contributed by atoms with E-state index in [1.54, 1.807) is 36.6 Å². The van der Waals surface area contributed by atoms with Crippen molar-refractivity contribution in [1.82, 2.24) is 10.3 Å². The number of hydrogen-bond acceptors (Lipinski definition) is 6. The van der Waals surface area contributed by atoms with Crippen molar-refractivity contribution in [3.05, 3.63) is 64.3 Å². The van der Waals surface area contributed by atoms with E-state index in [0.717, 1.165) is 5.01 Å². The van der Waals surface area contributed by atoms with Gasteiger partial charge in [0.15, 0.2) is 10.8 Å². The molecule has 0 saturated carbocycles. The lowest BCUT2D eigenvalue weighted by Crippen LogP contribution is -2.24. The van der Waals surface area contributed by atoms with Crippen LogP contribution in [0.2, 0.25) is 5.02 Å². The Morgan fingerprint density at radius 2 is 2.04 bits per heavy atom. The molecule has 2 aromatic heterocycles. The number of nitrogens with one attached hydrogen (secondary N) is 1. The normalized spacial score (nSPS) is 10.6. The van der Waals surface area contributed by atoms with Crippen LogP contribution in [0.1, 0.15) is 28.9 Å². The molecule has 8 heteroatoms. The first-order valence-electron chi connectivity index (χ1n) is 8.29. The molecule has 140 valence electrons. The maximum atomic E-state index is 11.9. The predicted molar refractivity (Wildman–Crippen MR) is 103 cm³/mol. The van der Waals surface area contributed by atoms with Crippen molar-refractivity contribution >= 4 is 34.8 Å². The van der Waals surface area contributed by atoms with Crippen molar-refractivity contribution in [3.63, 3.8) is 0 Å². The largest absolute Gasteiger partial charge is 0.462 e. The van der Waals surface area contributed by atoms with Crippen LogP contribution in [0.3, 0.4) is 0 Å². The van der Waals surface area contributed by atoms with E-state index in [0.29, 0.717) is 35.0 Å². The number of carbonyl (C=O) groups excluding carboxylic acids is 2. The number of rotatable bonds is 8. The van der Waals surface area contributed by atoms with Gasteiger partial charge in [0.1, 0.15) is 6.61 Å². The molecule has 0 spiro atoms. The van der Waals surface area contributed by atoms with Crippen molar-refractivity contribution in [2.45, 2.75) is 19.4 Å². The Balaban J connectivity index is 1.34. The summed E-state index contributed by atoms with van der Waals surface area (Å²) in [6.07, 6.45) is 2.30. The van der Waals surface area contributed by atoms with Crippen LogP contribution in [-0.2, 0) is 16.1 Å². The lowest BCUT2D eigenvalue weighted by atomic mass is 10.2. The highest BCUT2D eigenvalue weighted by Crippen LogP contribution is 2.24. The van der Waals surface area contributed by atoms with E-state index in [9.17, 15) is 9.59 Å². The number of nitrogens with zero attached hydrogens (tertiary/aromatic N) is 1. The lowest BCUT2D eigenvalue weighted by Gasteiger charge is -2.06. The third-order valence-electron chi connectivity index (χ3n) is 3.61. The number of carbonyl (C=O) groups is 2. The second-order valence-corrected chi connectivity index (χ2v) is 6.94. The van der Waals surface area contributed by atoms with Crippen LogP contribution in [0.4, 0.5) is 0 Å². The van der Waals surface area contributed by atoms with Gasteiger partial charge in [0.2, 0.25) is 0 Å². The number of thiazole rings is 1. The molecular formula is C19H17ClN2O4S. The van der Waals surface area contributed by atoms with Gasteiger partial charge in [0.05, 0.1) is 12.0 Å². The second kappa shape index (κ2) is 9.34. The fraction of sp³-hybridized carbons (Fsp3) is 0.211. The number of ether oxygens (including phenoxy) is 1. The number of benzene rings is 1. The Morgan fingerprint density at radius 3 is 2.78 bits per heavy atom. The molecule has 0 fully saturated rings. The molecule has 0 aliphatic rings. The predicted octanol–water partition coefficient (Wildman–Crippen LogP) is 4.31. The van der Waals surface area contributed by atoms with Crippen LogP contribution in [0, 0.1) is 0 Å². The first-order valence-corrected chi connectivity index (χ1v) is 9.55. The fourth-order valence-corrected chi connectivity index (χ4v) is 3.15. The number of aromatic nitrogens is 1. The van der Waals surface area contributed by atoms with Crippen LogP contribution in [-0.4, -0.2) is 23.4 Å². The number of amides is 1. The summed E-state index contributed by atoms with van der Waals surface area (Å²) in [5.41, 5.74) is 1.20. The molecule has 6 nitrogen and oxygen atoms in total. The van der Waals surface area contributed by atoms with Gasteiger partial charge in [-0.1, -0.05) is 11.6 Å². The third kappa shape index (κ3) is 5.67. The van der Waals surface area contributed by atoms with Crippen LogP contribution in [0.5, 0.6) is 0 Å². The van der Waals surface area contributed by atoms with Crippen LogP contribution >= 0.6 is 22.9 Å². The van der Waals surface area contributed by atoms with Gasteiger partial charge in [0.25, 0.3) is 5.91 Å². The van der Waals surface area contributed by atoms with Crippen molar-refractivity contribution in [2.75, 3.05) is 6.54 Å². The highest BCUT2D eigenvalue weighted by Gasteiger charge is 2.10. The summed E-state index contributed by atoms with van der Waals surface area (Å²) in [6, 6.07) is 10.2. The van der Waals surface area contributed by atoms with Crippen molar-refractivity contribution < 1.29 is 18.7 Å². The monoisotopic (exact) mass is 404 g/mol. The zero-order chi connectivity index (χ0) is 19.1. The maximum Gasteiger partial charge on any atom is 0.306 e. The lowest BCUT2D eigenvalue weighted by molar-refractivity contribution is -0.145. The molecular weight excluding hydrogens is 388 g/mol. The van der Waals surface area contributed by atoms with Gasteiger partial charge in [-0.05, 0) is 42.8 Å². The molecule has 1 N–H and O–H groups in total. The molecule has 1 aromatic carbocycles. The SMILES string of the molecule is O=C(CCCNC(=O)c1ccc(Cl)cc1)OCc1csc(-c2ccco2)n1. The van der Waals surface area contributed by atoms with Gasteiger partial charge < -0.3 is 14.5 Å². The van der Waals surface area contributed by atoms with Crippen molar-refractivity contribution in [1.29, 1.82) is 0 Å². The second-order valence-electron chi connectivity index (χ2n) is 5.65. The van der Waals surface area contributed by atoms with Crippen LogP contribution < -0.4 is 5.32 Å². The summed E-state index contributed by atoms with van der Waals surface area (Å²) in [5.74, 6) is 0.158. The Morgan fingerprint density at radius 1 is 1.22 bits per heavy atom. The molecule has 0 unspecified atom stereocenters. The first-order chi connectivity index (χ1) is 13.1. The topological polar surface area (TPSA) is 81.4 Å². The summed E-state index contributed by atoms with van der Waals surface area (Å²) in [7, 11) is 0. The molecule has 27 heavy (non-hydrogen) atoms. The quantitative estimate of drug-likeness (QED) is 0.447. The highest BCUT2D eigenvalue weighted by molar-refractivity contribution is 7.13. The van der Waals surface area contributed by atoms with E-state index < -0.39 is 0 Å². The molecule has 0 bridgehead atoms. The number of hydrogen-bond donors (Lipinski definition) is 1. The molecule has 0 saturated heterocycles. The maximum absolute atomic E-state index is 11.9. The molecule has 0 aliphatic heterocycles. The number of furan rings is 1. The van der Waals surface area contributed by atoms with E-state index in [-0.39, 0.29) is 24.9 Å². The summed E-state index contributed by atoms with van der Waals surface area (Å²) in [4.78, 5) is 28.1. The Bertz CT molecular complexity index is 891. The summed E-state index contributed by atoms with van der Waals surface area (Å²) in [5, 5.41) is 5.91. The smallest absolute Gasteiger partial charge is 0.306 e. The summed E-state index contributed by atoms with van der Waals surface area (Å²) in [6.45, 7) is 0.503.